The van der Waals surface area contributed by atoms with Crippen molar-refractivity contribution in [1.29, 1.82) is 0 Å². The average molecular weight is 492 g/mol. The van der Waals surface area contributed by atoms with Crippen molar-refractivity contribution in [3.05, 3.63) is 82.7 Å². The molecule has 2 atom stereocenters. The molecule has 0 bridgehead atoms. The van der Waals surface area contributed by atoms with E-state index in [1.807, 2.05) is 19.1 Å². The van der Waals surface area contributed by atoms with Gasteiger partial charge in [0.25, 0.3) is 0 Å². The van der Waals surface area contributed by atoms with E-state index in [4.69, 9.17) is 14.2 Å². The lowest BCUT2D eigenvalue weighted by Crippen LogP contribution is -2.06. The molecule has 2 unspecified atom stereocenters. The Kier molecular flexibility index (Phi) is 8.26. The molecule has 1 aliphatic carbocycles. The molecule has 1 N–H and O–H groups in total. The Balaban J connectivity index is 1.41. The van der Waals surface area contributed by atoms with E-state index in [1.54, 1.807) is 6.07 Å². The second-order valence-electron chi connectivity index (χ2n) is 9.24. The summed E-state index contributed by atoms with van der Waals surface area (Å²) in [5, 5.41) is 3.32. The molecule has 0 saturated heterocycles. The molecule has 6 heteroatoms. The number of hydrogen-bond acceptors (Lipinski definition) is 5. The minimum Gasteiger partial charge on any atom is -0.491 e. The van der Waals surface area contributed by atoms with Gasteiger partial charge in [-0.25, -0.2) is 4.39 Å². The van der Waals surface area contributed by atoms with Crippen molar-refractivity contribution in [3.63, 3.8) is 0 Å². The van der Waals surface area contributed by atoms with Crippen molar-refractivity contribution >= 4 is 11.7 Å². The molecular formula is C30H34FNO4. The number of aryl methyl sites for hydroxylation is 2. The summed E-state index contributed by atoms with van der Waals surface area (Å²) in [6.45, 7) is 8.52. The molecule has 0 amide bonds. The molecule has 4 rings (SSSR count). The van der Waals surface area contributed by atoms with E-state index in [9.17, 15) is 9.18 Å². The maximum Gasteiger partial charge on any atom is 0.309 e. The first-order valence-electron chi connectivity index (χ1n) is 12.4. The van der Waals surface area contributed by atoms with Gasteiger partial charge in [-0.3, -0.25) is 4.79 Å². The first-order valence-corrected chi connectivity index (χ1v) is 12.4. The molecule has 1 aliphatic rings. The minimum atomic E-state index is -0.292. The van der Waals surface area contributed by atoms with Crippen LogP contribution in [-0.4, -0.2) is 32.9 Å². The van der Waals surface area contributed by atoms with Crippen molar-refractivity contribution in [1.82, 2.24) is 0 Å². The third-order valence-electron chi connectivity index (χ3n) is 6.61. The molecule has 1 saturated carbocycles. The van der Waals surface area contributed by atoms with Crippen LogP contribution in [0.4, 0.5) is 10.1 Å². The van der Waals surface area contributed by atoms with Gasteiger partial charge in [0.1, 0.15) is 18.2 Å². The van der Waals surface area contributed by atoms with E-state index in [-0.39, 0.29) is 23.6 Å². The second kappa shape index (κ2) is 11.6. The van der Waals surface area contributed by atoms with E-state index in [2.05, 4.69) is 49.5 Å². The van der Waals surface area contributed by atoms with Gasteiger partial charge in [-0.2, -0.15) is 0 Å². The Bertz CT molecular complexity index is 1200. The van der Waals surface area contributed by atoms with Crippen LogP contribution in [0.2, 0.25) is 0 Å². The lowest BCUT2D eigenvalue weighted by atomic mass is 9.94. The number of carbonyl (C=O) groups excluding carboxylic acids is 1. The van der Waals surface area contributed by atoms with Crippen LogP contribution in [0, 0.1) is 25.6 Å². The van der Waals surface area contributed by atoms with E-state index < -0.39 is 0 Å². The van der Waals surface area contributed by atoms with Crippen molar-refractivity contribution in [3.8, 4) is 16.9 Å². The van der Waals surface area contributed by atoms with Gasteiger partial charge < -0.3 is 19.5 Å². The van der Waals surface area contributed by atoms with Crippen LogP contribution in [0.3, 0.4) is 0 Å². The van der Waals surface area contributed by atoms with Crippen molar-refractivity contribution in [2.75, 3.05) is 32.2 Å². The molecule has 0 spiro atoms. The predicted molar refractivity (Wildman–Crippen MR) is 140 cm³/mol. The Morgan fingerprint density at radius 1 is 1.06 bits per heavy atom. The quantitative estimate of drug-likeness (QED) is 0.248. The molecule has 190 valence electrons. The van der Waals surface area contributed by atoms with Crippen molar-refractivity contribution in [2.45, 2.75) is 39.7 Å². The molecule has 36 heavy (non-hydrogen) atoms. The highest BCUT2D eigenvalue weighted by atomic mass is 19.1. The number of ether oxygens (including phenoxy) is 3. The van der Waals surface area contributed by atoms with Gasteiger partial charge in [-0.1, -0.05) is 24.3 Å². The molecule has 3 aromatic carbocycles. The highest BCUT2D eigenvalue weighted by Gasteiger charge is 2.46. The topological polar surface area (TPSA) is 56.8 Å². The number of carbonyl (C=O) groups is 1. The lowest BCUT2D eigenvalue weighted by Gasteiger charge is -2.15. The highest BCUT2D eigenvalue weighted by Crippen LogP contribution is 2.49. The van der Waals surface area contributed by atoms with Gasteiger partial charge in [0.15, 0.2) is 0 Å². The fraction of sp³-hybridized carbons (Fsp3) is 0.367. The zero-order valence-corrected chi connectivity index (χ0v) is 21.4. The standard InChI is InChI=1S/C30H34FNO4/c1-5-35-11-12-36-24-13-19(2)29(20(3)14-24)22-8-6-7-21(15-22)18-32-23-9-10-25(28(31)16-23)26-17-27(26)30(33)34-4/h6-10,13-16,26-27,32H,5,11-12,17-18H2,1-4H3. The summed E-state index contributed by atoms with van der Waals surface area (Å²) >= 11 is 0. The van der Waals surface area contributed by atoms with Crippen LogP contribution in [0.25, 0.3) is 11.1 Å². The van der Waals surface area contributed by atoms with Crippen molar-refractivity contribution < 1.29 is 23.4 Å². The van der Waals surface area contributed by atoms with E-state index in [0.717, 1.165) is 28.0 Å². The Hall–Kier alpha value is -3.38. The van der Waals surface area contributed by atoms with Crippen LogP contribution in [0.1, 0.15) is 41.5 Å². The zero-order valence-electron chi connectivity index (χ0n) is 21.4. The number of halogens is 1. The third kappa shape index (κ3) is 6.05. The second-order valence-corrected chi connectivity index (χ2v) is 9.24. The molecule has 0 aliphatic heterocycles. The molecule has 1 fully saturated rings. The third-order valence-corrected chi connectivity index (χ3v) is 6.61. The zero-order chi connectivity index (χ0) is 25.7. The first kappa shape index (κ1) is 25.7. The van der Waals surface area contributed by atoms with E-state index >= 15 is 0 Å². The molecule has 0 aromatic heterocycles. The van der Waals surface area contributed by atoms with Gasteiger partial charge in [-0.15, -0.1) is 0 Å². The number of hydrogen-bond donors (Lipinski definition) is 1. The van der Waals surface area contributed by atoms with Gasteiger partial charge in [0.2, 0.25) is 0 Å². The van der Waals surface area contributed by atoms with Crippen LogP contribution < -0.4 is 10.1 Å². The summed E-state index contributed by atoms with van der Waals surface area (Å²) in [7, 11) is 1.37. The smallest absolute Gasteiger partial charge is 0.309 e. The predicted octanol–water partition coefficient (Wildman–Crippen LogP) is 6.41. The number of anilines is 1. The molecule has 0 radical (unpaired) electrons. The summed E-state index contributed by atoms with van der Waals surface area (Å²) in [5.74, 6) is -0.0266. The van der Waals surface area contributed by atoms with Gasteiger partial charge in [-0.05, 0) is 90.9 Å². The number of esters is 1. The number of methoxy groups -OCH3 is 1. The number of nitrogens with one attached hydrogen (secondary N) is 1. The molecule has 0 heterocycles. The van der Waals surface area contributed by atoms with Crippen LogP contribution >= 0.6 is 0 Å². The minimum absolute atomic E-state index is 0.0869. The summed E-state index contributed by atoms with van der Waals surface area (Å²) in [4.78, 5) is 11.7. The van der Waals surface area contributed by atoms with Gasteiger partial charge in [0, 0.05) is 24.8 Å². The Morgan fingerprint density at radius 2 is 1.83 bits per heavy atom. The fourth-order valence-electron chi connectivity index (χ4n) is 4.75. The summed E-state index contributed by atoms with van der Waals surface area (Å²) < 4.78 is 30.7. The van der Waals surface area contributed by atoms with E-state index in [1.165, 1.54) is 18.7 Å². The summed E-state index contributed by atoms with van der Waals surface area (Å²) in [6.07, 6.45) is 0.641. The van der Waals surface area contributed by atoms with E-state index in [0.29, 0.717) is 44.0 Å². The first-order chi connectivity index (χ1) is 17.4. The average Bonchev–Trinajstić information content (AvgIpc) is 3.65. The molecular weight excluding hydrogens is 457 g/mol. The van der Waals surface area contributed by atoms with Crippen LogP contribution in [-0.2, 0) is 20.8 Å². The Morgan fingerprint density at radius 3 is 2.53 bits per heavy atom. The molecule has 3 aromatic rings. The normalized spacial score (nSPS) is 16.5. The SMILES string of the molecule is CCOCCOc1cc(C)c(-c2cccc(CNc3ccc(C4CC4C(=O)OC)c(F)c3)c2)c(C)c1. The fourth-order valence-corrected chi connectivity index (χ4v) is 4.75. The highest BCUT2D eigenvalue weighted by molar-refractivity contribution is 5.77. The lowest BCUT2D eigenvalue weighted by molar-refractivity contribution is -0.142. The summed E-state index contributed by atoms with van der Waals surface area (Å²) in [6, 6.07) is 17.6. The van der Waals surface area contributed by atoms with Gasteiger partial charge in [0.05, 0.1) is 19.6 Å². The monoisotopic (exact) mass is 491 g/mol. The maximum absolute atomic E-state index is 14.7. The van der Waals surface area contributed by atoms with Crippen LogP contribution in [0.5, 0.6) is 5.75 Å². The molecule has 5 nitrogen and oxygen atoms in total. The maximum atomic E-state index is 14.7. The van der Waals surface area contributed by atoms with Crippen molar-refractivity contribution in [2.24, 2.45) is 5.92 Å². The number of benzene rings is 3. The largest absolute Gasteiger partial charge is 0.491 e. The number of rotatable bonds is 11. The van der Waals surface area contributed by atoms with Gasteiger partial charge >= 0.3 is 5.97 Å². The van der Waals surface area contributed by atoms with Crippen LogP contribution in [0.15, 0.2) is 54.6 Å². The Labute approximate surface area is 212 Å². The summed E-state index contributed by atoms with van der Waals surface area (Å²) in [5.41, 5.74) is 7.00.